The van der Waals surface area contributed by atoms with Crippen LogP contribution in [0.5, 0.6) is 0 Å². The minimum absolute atomic E-state index is 0.0377. The molecule has 0 aliphatic heterocycles. The number of carbonyl (C=O) groups excluding carboxylic acids is 2. The van der Waals surface area contributed by atoms with Crippen molar-refractivity contribution in [2.24, 2.45) is 0 Å². The molecule has 0 saturated heterocycles. The van der Waals surface area contributed by atoms with Crippen LogP contribution in [0.25, 0.3) is 0 Å². The van der Waals surface area contributed by atoms with E-state index in [2.05, 4.69) is 5.32 Å². The molecule has 0 heterocycles. The Bertz CT molecular complexity index is 793. The number of likely N-dealkylation sites (N-methyl/N-ethyl adjacent to an activating group) is 1. The van der Waals surface area contributed by atoms with Gasteiger partial charge in [0, 0.05) is 21.8 Å². The summed E-state index contributed by atoms with van der Waals surface area (Å²) in [6.45, 7) is 3.94. The predicted octanol–water partition coefficient (Wildman–Crippen LogP) is 3.24. The van der Waals surface area contributed by atoms with Gasteiger partial charge in [0.05, 0.1) is 12.1 Å². The van der Waals surface area contributed by atoms with E-state index in [1.807, 2.05) is 20.0 Å². The summed E-state index contributed by atoms with van der Waals surface area (Å²) in [6.07, 6.45) is 0. The number of nitrogens with one attached hydrogen (secondary N) is 2. The second-order valence-corrected chi connectivity index (χ2v) is 6.95. The van der Waals surface area contributed by atoms with Gasteiger partial charge in [0.15, 0.2) is 11.8 Å². The summed E-state index contributed by atoms with van der Waals surface area (Å²) in [5, 5.41) is 4.04. The number of hydrogen-bond acceptors (Lipinski definition) is 2. The largest absolute Gasteiger partial charge is 0.324 e. The molecular weight excluding hydrogens is 359 g/mol. The van der Waals surface area contributed by atoms with Gasteiger partial charge in [0.25, 0.3) is 5.91 Å². The Balaban J connectivity index is 2.03. The van der Waals surface area contributed by atoms with Gasteiger partial charge in [-0.3, -0.25) is 9.59 Å². The van der Waals surface area contributed by atoms with E-state index in [1.54, 1.807) is 36.4 Å². The van der Waals surface area contributed by atoms with Crippen LogP contribution in [0.2, 0.25) is 10.0 Å². The first-order valence-electron chi connectivity index (χ1n) is 7.96. The highest BCUT2D eigenvalue weighted by atomic mass is 35.5. The van der Waals surface area contributed by atoms with Crippen LogP contribution in [0.1, 0.15) is 29.8 Å². The molecule has 2 N–H and O–H groups in total. The van der Waals surface area contributed by atoms with E-state index in [9.17, 15) is 9.59 Å². The van der Waals surface area contributed by atoms with Gasteiger partial charge < -0.3 is 10.2 Å². The highest BCUT2D eigenvalue weighted by Gasteiger charge is 2.23. The van der Waals surface area contributed by atoms with Gasteiger partial charge in [0.1, 0.15) is 6.54 Å². The van der Waals surface area contributed by atoms with E-state index in [-0.39, 0.29) is 17.7 Å². The Labute approximate surface area is 157 Å². The maximum Gasteiger partial charge on any atom is 0.282 e. The van der Waals surface area contributed by atoms with E-state index in [4.69, 9.17) is 23.2 Å². The van der Waals surface area contributed by atoms with Crippen molar-refractivity contribution in [2.75, 3.05) is 12.4 Å². The Morgan fingerprint density at radius 2 is 1.88 bits per heavy atom. The molecule has 2 rings (SSSR count). The van der Waals surface area contributed by atoms with Crippen LogP contribution >= 0.6 is 23.2 Å². The summed E-state index contributed by atoms with van der Waals surface area (Å²) in [4.78, 5) is 24.9. The molecule has 2 aromatic rings. The van der Waals surface area contributed by atoms with Gasteiger partial charge in [0.2, 0.25) is 0 Å². The standard InChI is InChI=1S/C19H20Cl2N2O2/c1-12(23(3)11-15-7-8-16(20)10-18(15)21)19(25)22-17-6-4-5-14(9-17)13(2)24/h4-10,12H,11H2,1-3H3,(H,22,25)/p+1/t12-/m0/s1. The van der Waals surface area contributed by atoms with Crippen molar-refractivity contribution in [1.82, 2.24) is 0 Å². The molecule has 2 aromatic carbocycles. The summed E-state index contributed by atoms with van der Waals surface area (Å²) in [5.74, 6) is -0.160. The number of benzene rings is 2. The van der Waals surface area contributed by atoms with Crippen LogP contribution in [0.15, 0.2) is 42.5 Å². The molecule has 0 spiro atoms. The fraction of sp³-hybridized carbons (Fsp3) is 0.263. The van der Waals surface area contributed by atoms with Crippen molar-refractivity contribution < 1.29 is 14.5 Å². The van der Waals surface area contributed by atoms with Crippen molar-refractivity contribution in [3.8, 4) is 0 Å². The lowest BCUT2D eigenvalue weighted by Gasteiger charge is -2.21. The lowest BCUT2D eigenvalue weighted by molar-refractivity contribution is -0.907. The highest BCUT2D eigenvalue weighted by Crippen LogP contribution is 2.20. The highest BCUT2D eigenvalue weighted by molar-refractivity contribution is 6.35. The normalized spacial score (nSPS) is 13.2. The molecule has 1 amide bonds. The van der Waals surface area contributed by atoms with Crippen LogP contribution in [-0.4, -0.2) is 24.8 Å². The van der Waals surface area contributed by atoms with Gasteiger partial charge in [-0.25, -0.2) is 0 Å². The number of quaternary nitrogens is 1. The van der Waals surface area contributed by atoms with Crippen LogP contribution < -0.4 is 10.2 Å². The smallest absolute Gasteiger partial charge is 0.282 e. The quantitative estimate of drug-likeness (QED) is 0.756. The van der Waals surface area contributed by atoms with E-state index in [0.29, 0.717) is 27.8 Å². The SMILES string of the molecule is CC(=O)c1cccc(NC(=O)[C@H](C)[NH+](C)Cc2ccc(Cl)cc2Cl)c1. The average molecular weight is 380 g/mol. The van der Waals surface area contributed by atoms with Gasteiger partial charge in [-0.05, 0) is 38.1 Å². The molecule has 0 bridgehead atoms. The molecule has 2 atom stereocenters. The second kappa shape index (κ2) is 8.48. The molecule has 0 fully saturated rings. The van der Waals surface area contributed by atoms with Crippen LogP contribution in [0.4, 0.5) is 5.69 Å². The zero-order valence-electron chi connectivity index (χ0n) is 14.4. The first kappa shape index (κ1) is 19.4. The minimum atomic E-state index is -0.298. The van der Waals surface area contributed by atoms with Crippen LogP contribution in [-0.2, 0) is 11.3 Å². The summed E-state index contributed by atoms with van der Waals surface area (Å²) in [6, 6.07) is 12.0. The molecule has 132 valence electrons. The third-order valence-corrected chi connectivity index (χ3v) is 4.74. The van der Waals surface area contributed by atoms with Crippen LogP contribution in [0, 0.1) is 0 Å². The molecule has 0 saturated carbocycles. The summed E-state index contributed by atoms with van der Waals surface area (Å²) in [7, 11) is 1.93. The molecule has 0 aliphatic carbocycles. The number of rotatable bonds is 6. The number of halogens is 2. The monoisotopic (exact) mass is 379 g/mol. The number of amides is 1. The molecule has 25 heavy (non-hydrogen) atoms. The van der Waals surface area contributed by atoms with Gasteiger partial charge >= 0.3 is 0 Å². The molecular formula is C19H21Cl2N2O2+. The summed E-state index contributed by atoms with van der Waals surface area (Å²) >= 11 is 12.1. The fourth-order valence-corrected chi connectivity index (χ4v) is 2.88. The topological polar surface area (TPSA) is 50.6 Å². The van der Waals surface area contributed by atoms with E-state index in [1.165, 1.54) is 6.92 Å². The zero-order valence-corrected chi connectivity index (χ0v) is 15.9. The molecule has 0 radical (unpaired) electrons. The zero-order chi connectivity index (χ0) is 18.6. The third kappa shape index (κ3) is 5.30. The number of ketones is 1. The maximum absolute atomic E-state index is 12.5. The number of hydrogen-bond donors (Lipinski definition) is 2. The van der Waals surface area contributed by atoms with Crippen molar-refractivity contribution in [3.05, 3.63) is 63.6 Å². The van der Waals surface area contributed by atoms with Gasteiger partial charge in [-0.15, -0.1) is 0 Å². The van der Waals surface area contributed by atoms with Crippen molar-refractivity contribution >= 4 is 40.6 Å². The van der Waals surface area contributed by atoms with Gasteiger partial charge in [-0.2, -0.15) is 0 Å². The lowest BCUT2D eigenvalue weighted by atomic mass is 10.1. The summed E-state index contributed by atoms with van der Waals surface area (Å²) < 4.78 is 0. The van der Waals surface area contributed by atoms with Gasteiger partial charge in [-0.1, -0.05) is 41.4 Å². The van der Waals surface area contributed by atoms with Crippen LogP contribution in [0.3, 0.4) is 0 Å². The summed E-state index contributed by atoms with van der Waals surface area (Å²) in [5.41, 5.74) is 2.11. The average Bonchev–Trinajstić information content (AvgIpc) is 2.56. The predicted molar refractivity (Wildman–Crippen MR) is 102 cm³/mol. The van der Waals surface area contributed by atoms with E-state index < -0.39 is 0 Å². The Hall–Kier alpha value is -1.88. The molecule has 0 aromatic heterocycles. The van der Waals surface area contributed by atoms with E-state index >= 15 is 0 Å². The third-order valence-electron chi connectivity index (χ3n) is 4.15. The Kier molecular flexibility index (Phi) is 6.59. The number of anilines is 1. The fourth-order valence-electron chi connectivity index (χ4n) is 2.41. The van der Waals surface area contributed by atoms with Crippen molar-refractivity contribution in [3.63, 3.8) is 0 Å². The number of carbonyl (C=O) groups is 2. The molecule has 6 heteroatoms. The van der Waals surface area contributed by atoms with Crippen molar-refractivity contribution in [2.45, 2.75) is 26.4 Å². The first-order chi connectivity index (χ1) is 11.8. The minimum Gasteiger partial charge on any atom is -0.324 e. The lowest BCUT2D eigenvalue weighted by Crippen LogP contribution is -3.12. The number of Topliss-reactive ketones (excluding diaryl/α,β-unsaturated/α-hetero) is 1. The maximum atomic E-state index is 12.5. The van der Waals surface area contributed by atoms with E-state index in [0.717, 1.165) is 10.5 Å². The van der Waals surface area contributed by atoms with Crippen molar-refractivity contribution in [1.29, 1.82) is 0 Å². The molecule has 1 unspecified atom stereocenters. The molecule has 4 nitrogen and oxygen atoms in total. The Morgan fingerprint density at radius 1 is 1.16 bits per heavy atom. The Morgan fingerprint density at radius 3 is 2.52 bits per heavy atom. The molecule has 0 aliphatic rings. The second-order valence-electron chi connectivity index (χ2n) is 6.11. The first-order valence-corrected chi connectivity index (χ1v) is 8.71.